The van der Waals surface area contributed by atoms with E-state index in [1.165, 1.54) is 10.5 Å². The number of rotatable bonds is 2. The van der Waals surface area contributed by atoms with Crippen LogP contribution in [0.1, 0.15) is 25.3 Å². The first-order valence-electron chi connectivity index (χ1n) is 6.51. The van der Waals surface area contributed by atoms with Crippen LogP contribution in [-0.2, 0) is 16.0 Å². The monoisotopic (exact) mass is 257 g/mol. The standard InChI is InChI=1S/C14H15N3O2/c1-2-10-3-5-11(6-4-10)17-12(18)9-14(13(17)19)7-8-15-16-14/h3-6H,2,7-9H2,1H3/t14-/m0/s1. The Bertz CT molecular complexity index is 565. The summed E-state index contributed by atoms with van der Waals surface area (Å²) in [5.74, 6) is -0.418. The Balaban J connectivity index is 1.94. The van der Waals surface area contributed by atoms with Gasteiger partial charge in [0.1, 0.15) is 0 Å². The van der Waals surface area contributed by atoms with E-state index in [-0.39, 0.29) is 18.2 Å². The third-order valence-electron chi connectivity index (χ3n) is 3.78. The lowest BCUT2D eigenvalue weighted by Gasteiger charge is -2.17. The van der Waals surface area contributed by atoms with E-state index >= 15 is 0 Å². The quantitative estimate of drug-likeness (QED) is 0.762. The minimum Gasteiger partial charge on any atom is -0.274 e. The maximum absolute atomic E-state index is 12.4. The van der Waals surface area contributed by atoms with Gasteiger partial charge in [-0.2, -0.15) is 10.2 Å². The maximum atomic E-state index is 12.4. The average Bonchev–Trinajstić information content (AvgIpc) is 2.97. The number of hydrogen-bond acceptors (Lipinski definition) is 4. The number of amides is 2. The fraction of sp³-hybridized carbons (Fsp3) is 0.429. The Labute approximate surface area is 111 Å². The molecule has 5 nitrogen and oxygen atoms in total. The summed E-state index contributed by atoms with van der Waals surface area (Å²) in [7, 11) is 0. The molecule has 1 spiro atoms. The van der Waals surface area contributed by atoms with Gasteiger partial charge in [-0.1, -0.05) is 19.1 Å². The van der Waals surface area contributed by atoms with Crippen molar-refractivity contribution in [2.45, 2.75) is 31.7 Å². The molecule has 0 N–H and O–H groups in total. The predicted molar refractivity (Wildman–Crippen MR) is 70.0 cm³/mol. The molecule has 2 amide bonds. The summed E-state index contributed by atoms with van der Waals surface area (Å²) in [6.45, 7) is 2.59. The van der Waals surface area contributed by atoms with E-state index < -0.39 is 5.54 Å². The molecule has 1 saturated heterocycles. The molecule has 0 aromatic heterocycles. The van der Waals surface area contributed by atoms with Gasteiger partial charge in [-0.3, -0.25) is 9.59 Å². The number of hydrogen-bond donors (Lipinski definition) is 0. The highest BCUT2D eigenvalue weighted by atomic mass is 16.2. The van der Waals surface area contributed by atoms with E-state index in [2.05, 4.69) is 17.2 Å². The van der Waals surface area contributed by atoms with Crippen LogP contribution in [0.25, 0.3) is 0 Å². The highest BCUT2D eigenvalue weighted by Crippen LogP contribution is 2.37. The van der Waals surface area contributed by atoms with E-state index in [9.17, 15) is 9.59 Å². The van der Waals surface area contributed by atoms with Gasteiger partial charge in [-0.15, -0.1) is 0 Å². The van der Waals surface area contributed by atoms with E-state index in [1.807, 2.05) is 24.3 Å². The van der Waals surface area contributed by atoms with Crippen molar-refractivity contribution in [1.82, 2.24) is 0 Å². The largest absolute Gasteiger partial charge is 0.274 e. The molecule has 2 aliphatic heterocycles. The Morgan fingerprint density at radius 3 is 2.58 bits per heavy atom. The Kier molecular flexibility index (Phi) is 2.69. The van der Waals surface area contributed by atoms with E-state index in [0.717, 1.165) is 6.42 Å². The summed E-state index contributed by atoms with van der Waals surface area (Å²) < 4.78 is 0. The second-order valence-electron chi connectivity index (χ2n) is 4.98. The molecule has 1 aromatic carbocycles. The first kappa shape index (κ1) is 12.0. The third-order valence-corrected chi connectivity index (χ3v) is 3.78. The van der Waals surface area contributed by atoms with Gasteiger partial charge in [0, 0.05) is 6.42 Å². The minimum absolute atomic E-state index is 0.144. The number of azo groups is 1. The summed E-state index contributed by atoms with van der Waals surface area (Å²) in [6, 6.07) is 7.52. The van der Waals surface area contributed by atoms with Gasteiger partial charge in [0.05, 0.1) is 18.7 Å². The molecule has 0 bridgehead atoms. The van der Waals surface area contributed by atoms with Crippen LogP contribution in [-0.4, -0.2) is 23.9 Å². The lowest BCUT2D eigenvalue weighted by Crippen LogP contribution is -2.38. The molecule has 1 atom stereocenters. The number of aryl methyl sites for hydroxylation is 1. The van der Waals surface area contributed by atoms with Crippen molar-refractivity contribution < 1.29 is 9.59 Å². The highest BCUT2D eigenvalue weighted by Gasteiger charge is 2.54. The number of carbonyl (C=O) groups excluding carboxylic acids is 2. The lowest BCUT2D eigenvalue weighted by atomic mass is 9.96. The topological polar surface area (TPSA) is 62.1 Å². The molecule has 1 fully saturated rings. The van der Waals surface area contributed by atoms with Crippen LogP contribution in [0.2, 0.25) is 0 Å². The number of imide groups is 1. The van der Waals surface area contributed by atoms with Crippen LogP contribution >= 0.6 is 0 Å². The molecule has 3 rings (SSSR count). The molecule has 2 heterocycles. The minimum atomic E-state index is -0.916. The van der Waals surface area contributed by atoms with Gasteiger partial charge >= 0.3 is 0 Å². The molecule has 98 valence electrons. The average molecular weight is 257 g/mol. The second-order valence-corrected chi connectivity index (χ2v) is 4.98. The molecule has 0 aliphatic carbocycles. The molecular formula is C14H15N3O2. The summed E-state index contributed by atoms with van der Waals surface area (Å²) in [5.41, 5.74) is 0.893. The van der Waals surface area contributed by atoms with Crippen LogP contribution < -0.4 is 4.90 Å². The van der Waals surface area contributed by atoms with Crippen molar-refractivity contribution in [2.24, 2.45) is 10.2 Å². The number of anilines is 1. The highest BCUT2D eigenvalue weighted by molar-refractivity contribution is 6.24. The second kappa shape index (κ2) is 4.26. The van der Waals surface area contributed by atoms with E-state index in [4.69, 9.17) is 0 Å². The zero-order chi connectivity index (χ0) is 13.5. The summed E-state index contributed by atoms with van der Waals surface area (Å²) >= 11 is 0. The number of benzene rings is 1. The molecule has 1 aromatic rings. The van der Waals surface area contributed by atoms with Gasteiger partial charge in [-0.05, 0) is 24.1 Å². The van der Waals surface area contributed by atoms with Gasteiger partial charge in [0.2, 0.25) is 5.91 Å². The first-order valence-corrected chi connectivity index (χ1v) is 6.51. The Morgan fingerprint density at radius 2 is 2.00 bits per heavy atom. The predicted octanol–water partition coefficient (Wildman–Crippen LogP) is 2.11. The summed E-state index contributed by atoms with van der Waals surface area (Å²) in [5, 5.41) is 7.90. The molecule has 0 radical (unpaired) electrons. The number of nitrogens with zero attached hydrogens (tertiary/aromatic N) is 3. The van der Waals surface area contributed by atoms with Crippen LogP contribution in [0.3, 0.4) is 0 Å². The maximum Gasteiger partial charge on any atom is 0.264 e. The smallest absolute Gasteiger partial charge is 0.264 e. The molecule has 5 heteroatoms. The first-order chi connectivity index (χ1) is 9.16. The van der Waals surface area contributed by atoms with Crippen molar-refractivity contribution in [3.63, 3.8) is 0 Å². The van der Waals surface area contributed by atoms with Crippen molar-refractivity contribution >= 4 is 17.5 Å². The molecule has 0 unspecified atom stereocenters. The van der Waals surface area contributed by atoms with Crippen LogP contribution in [0, 0.1) is 0 Å². The third kappa shape index (κ3) is 1.77. The van der Waals surface area contributed by atoms with Crippen LogP contribution in [0.15, 0.2) is 34.5 Å². The van der Waals surface area contributed by atoms with Gasteiger partial charge in [-0.25, -0.2) is 4.90 Å². The molecular weight excluding hydrogens is 242 g/mol. The van der Waals surface area contributed by atoms with Crippen molar-refractivity contribution in [1.29, 1.82) is 0 Å². The fourth-order valence-electron chi connectivity index (χ4n) is 2.61. The normalized spacial score (nSPS) is 25.8. The zero-order valence-electron chi connectivity index (χ0n) is 10.8. The SMILES string of the molecule is CCc1ccc(N2C(=O)C[C@@]3(CCN=N3)C2=O)cc1. The summed E-state index contributed by atoms with van der Waals surface area (Å²) in [4.78, 5) is 25.8. The molecule has 2 aliphatic rings. The van der Waals surface area contributed by atoms with Crippen molar-refractivity contribution in [3.05, 3.63) is 29.8 Å². The van der Waals surface area contributed by atoms with Crippen molar-refractivity contribution in [3.8, 4) is 0 Å². The van der Waals surface area contributed by atoms with Gasteiger partial charge in [0.15, 0.2) is 5.54 Å². The zero-order valence-corrected chi connectivity index (χ0v) is 10.8. The van der Waals surface area contributed by atoms with E-state index in [1.54, 1.807) is 0 Å². The van der Waals surface area contributed by atoms with Gasteiger partial charge < -0.3 is 0 Å². The van der Waals surface area contributed by atoms with Gasteiger partial charge in [0.25, 0.3) is 5.91 Å². The molecule has 19 heavy (non-hydrogen) atoms. The number of carbonyl (C=O) groups is 2. The summed E-state index contributed by atoms with van der Waals surface area (Å²) in [6.07, 6.45) is 1.62. The fourth-order valence-corrected chi connectivity index (χ4v) is 2.61. The Hall–Kier alpha value is -2.04. The molecule has 0 saturated carbocycles. The van der Waals surface area contributed by atoms with Crippen molar-refractivity contribution in [2.75, 3.05) is 11.4 Å². The Morgan fingerprint density at radius 1 is 1.26 bits per heavy atom. The van der Waals surface area contributed by atoms with E-state index in [0.29, 0.717) is 18.7 Å². The van der Waals surface area contributed by atoms with Crippen LogP contribution in [0.5, 0.6) is 0 Å². The lowest BCUT2D eigenvalue weighted by molar-refractivity contribution is -0.122. The van der Waals surface area contributed by atoms with Crippen LogP contribution in [0.4, 0.5) is 5.69 Å².